The number of para-hydroxylation sites is 1. The second-order valence-corrected chi connectivity index (χ2v) is 8.29. The number of carbonyl (C=O) groups is 1. The Morgan fingerprint density at radius 1 is 0.966 bits per heavy atom. The molecule has 3 aromatic rings. The van der Waals surface area contributed by atoms with Gasteiger partial charge in [0.25, 0.3) is 5.91 Å². The zero-order chi connectivity index (χ0) is 19.6. The number of benzene rings is 2. The Hall–Kier alpha value is -2.85. The lowest BCUT2D eigenvalue weighted by molar-refractivity contribution is 0.0732. The highest BCUT2D eigenvalue weighted by atomic mass is 16.2. The number of aromatic nitrogens is 1. The SMILES string of the molecule is O=C1c2ccccc2CN1CC1CCNC(Cc2cccn2-c2ccccc2)C1. The number of rotatable bonds is 5. The van der Waals surface area contributed by atoms with Crippen LogP contribution in [0.25, 0.3) is 5.69 Å². The van der Waals surface area contributed by atoms with Crippen LogP contribution in [0.4, 0.5) is 0 Å². The zero-order valence-electron chi connectivity index (χ0n) is 16.6. The number of fused-ring (bicyclic) bond motifs is 1. The number of piperidine rings is 1. The van der Waals surface area contributed by atoms with Crippen molar-refractivity contribution in [1.29, 1.82) is 0 Å². The average molecular weight is 386 g/mol. The van der Waals surface area contributed by atoms with Crippen molar-refractivity contribution in [2.45, 2.75) is 31.8 Å². The summed E-state index contributed by atoms with van der Waals surface area (Å²) in [5.74, 6) is 0.758. The molecule has 1 aromatic heterocycles. The van der Waals surface area contributed by atoms with Gasteiger partial charge in [0.1, 0.15) is 0 Å². The van der Waals surface area contributed by atoms with E-state index >= 15 is 0 Å². The number of amides is 1. The van der Waals surface area contributed by atoms with Crippen LogP contribution in [0.5, 0.6) is 0 Å². The fourth-order valence-electron chi connectivity index (χ4n) is 4.87. The van der Waals surface area contributed by atoms with Crippen molar-refractivity contribution < 1.29 is 4.79 Å². The van der Waals surface area contributed by atoms with Crippen LogP contribution in [0.15, 0.2) is 72.9 Å². The first-order valence-corrected chi connectivity index (χ1v) is 10.6. The van der Waals surface area contributed by atoms with Crippen molar-refractivity contribution in [2.24, 2.45) is 5.92 Å². The van der Waals surface area contributed by atoms with Crippen molar-refractivity contribution in [3.8, 4) is 5.69 Å². The van der Waals surface area contributed by atoms with E-state index in [1.54, 1.807) is 0 Å². The largest absolute Gasteiger partial charge is 0.334 e. The smallest absolute Gasteiger partial charge is 0.254 e. The summed E-state index contributed by atoms with van der Waals surface area (Å²) in [4.78, 5) is 14.8. The summed E-state index contributed by atoms with van der Waals surface area (Å²) in [6, 6.07) is 23.3. The molecule has 1 amide bonds. The highest BCUT2D eigenvalue weighted by Gasteiger charge is 2.31. The minimum atomic E-state index is 0.202. The lowest BCUT2D eigenvalue weighted by Crippen LogP contribution is -2.43. The third-order valence-corrected chi connectivity index (χ3v) is 6.30. The fraction of sp³-hybridized carbons (Fsp3) is 0.320. The topological polar surface area (TPSA) is 37.3 Å². The summed E-state index contributed by atoms with van der Waals surface area (Å²) < 4.78 is 2.28. The minimum Gasteiger partial charge on any atom is -0.334 e. The molecule has 0 aliphatic carbocycles. The van der Waals surface area contributed by atoms with Crippen LogP contribution < -0.4 is 5.32 Å². The van der Waals surface area contributed by atoms with Gasteiger partial charge in [0.15, 0.2) is 0 Å². The van der Waals surface area contributed by atoms with Gasteiger partial charge in [-0.3, -0.25) is 4.79 Å². The molecule has 0 spiro atoms. The maximum absolute atomic E-state index is 12.7. The van der Waals surface area contributed by atoms with Crippen LogP contribution in [0.1, 0.15) is 34.5 Å². The molecule has 29 heavy (non-hydrogen) atoms. The summed E-state index contributed by atoms with van der Waals surface area (Å²) in [6.45, 7) is 2.65. The van der Waals surface area contributed by atoms with Crippen LogP contribution in [0, 0.1) is 5.92 Å². The van der Waals surface area contributed by atoms with Crippen LogP contribution in [0.3, 0.4) is 0 Å². The van der Waals surface area contributed by atoms with Crippen molar-refractivity contribution in [1.82, 2.24) is 14.8 Å². The molecular weight excluding hydrogens is 358 g/mol. The third kappa shape index (κ3) is 3.73. The van der Waals surface area contributed by atoms with Gasteiger partial charge in [0.2, 0.25) is 0 Å². The zero-order valence-corrected chi connectivity index (χ0v) is 16.6. The van der Waals surface area contributed by atoms with Gasteiger partial charge in [-0.1, -0.05) is 36.4 Å². The molecule has 148 valence electrons. The van der Waals surface area contributed by atoms with Gasteiger partial charge in [-0.2, -0.15) is 0 Å². The Bertz CT molecular complexity index is 994. The molecule has 2 unspecified atom stereocenters. The fourth-order valence-corrected chi connectivity index (χ4v) is 4.87. The van der Waals surface area contributed by atoms with Gasteiger partial charge in [-0.25, -0.2) is 0 Å². The molecule has 0 bridgehead atoms. The summed E-state index contributed by atoms with van der Waals surface area (Å²) in [5.41, 5.74) is 4.60. The Balaban J connectivity index is 1.24. The van der Waals surface area contributed by atoms with E-state index in [-0.39, 0.29) is 5.91 Å². The van der Waals surface area contributed by atoms with E-state index in [1.807, 2.05) is 23.1 Å². The van der Waals surface area contributed by atoms with Crippen LogP contribution in [-0.4, -0.2) is 34.5 Å². The maximum Gasteiger partial charge on any atom is 0.254 e. The molecule has 2 aliphatic rings. The van der Waals surface area contributed by atoms with Crippen molar-refractivity contribution in [3.63, 3.8) is 0 Å². The van der Waals surface area contributed by atoms with Crippen molar-refractivity contribution in [3.05, 3.63) is 89.7 Å². The first-order chi connectivity index (χ1) is 14.3. The molecule has 0 radical (unpaired) electrons. The number of hydrogen-bond donors (Lipinski definition) is 1. The average Bonchev–Trinajstić information content (AvgIpc) is 3.34. The van der Waals surface area contributed by atoms with Gasteiger partial charge >= 0.3 is 0 Å². The van der Waals surface area contributed by atoms with E-state index in [9.17, 15) is 4.79 Å². The molecule has 2 atom stereocenters. The van der Waals surface area contributed by atoms with Gasteiger partial charge in [0, 0.05) is 48.7 Å². The number of nitrogens with zero attached hydrogens (tertiary/aromatic N) is 2. The predicted octanol–water partition coefficient (Wildman–Crippen LogP) is 4.04. The molecule has 0 saturated carbocycles. The highest BCUT2D eigenvalue weighted by molar-refractivity contribution is 5.98. The molecule has 1 N–H and O–H groups in total. The standard InChI is InChI=1S/C25H27N3O/c29-25-24-11-5-4-7-20(24)18-27(25)17-19-12-13-26-21(15-19)16-23-10-6-14-28(23)22-8-2-1-3-9-22/h1-11,14,19,21,26H,12-13,15-18H2. The van der Waals surface area contributed by atoms with Crippen molar-refractivity contribution in [2.75, 3.05) is 13.1 Å². The molecule has 5 rings (SSSR count). The van der Waals surface area contributed by atoms with Gasteiger partial charge in [0.05, 0.1) is 0 Å². The molecule has 1 saturated heterocycles. The Morgan fingerprint density at radius 2 is 1.79 bits per heavy atom. The molecule has 1 fully saturated rings. The first-order valence-electron chi connectivity index (χ1n) is 10.6. The molecule has 4 nitrogen and oxygen atoms in total. The Labute approximate surface area is 172 Å². The second kappa shape index (κ2) is 7.88. The highest BCUT2D eigenvalue weighted by Crippen LogP contribution is 2.27. The van der Waals surface area contributed by atoms with Crippen LogP contribution in [0.2, 0.25) is 0 Å². The lowest BCUT2D eigenvalue weighted by Gasteiger charge is -2.33. The lowest BCUT2D eigenvalue weighted by atomic mass is 9.89. The second-order valence-electron chi connectivity index (χ2n) is 8.29. The van der Waals surface area contributed by atoms with Gasteiger partial charge < -0.3 is 14.8 Å². The van der Waals surface area contributed by atoms with E-state index in [4.69, 9.17) is 0 Å². The number of carbonyl (C=O) groups excluding carboxylic acids is 1. The quantitative estimate of drug-likeness (QED) is 0.720. The normalized spacial score (nSPS) is 21.4. The maximum atomic E-state index is 12.7. The Morgan fingerprint density at radius 3 is 2.66 bits per heavy atom. The summed E-state index contributed by atoms with van der Waals surface area (Å²) in [6.07, 6.45) is 5.40. The molecule has 3 heterocycles. The van der Waals surface area contributed by atoms with E-state index in [0.717, 1.165) is 44.5 Å². The molecule has 2 aromatic carbocycles. The van der Waals surface area contributed by atoms with Crippen LogP contribution in [-0.2, 0) is 13.0 Å². The number of hydrogen-bond acceptors (Lipinski definition) is 2. The first kappa shape index (κ1) is 18.2. The minimum absolute atomic E-state index is 0.202. The van der Waals surface area contributed by atoms with E-state index in [0.29, 0.717) is 12.0 Å². The number of nitrogens with one attached hydrogen (secondary N) is 1. The summed E-state index contributed by atoms with van der Waals surface area (Å²) in [5, 5.41) is 3.70. The monoisotopic (exact) mass is 385 g/mol. The summed E-state index contributed by atoms with van der Waals surface area (Å²) >= 11 is 0. The van der Waals surface area contributed by atoms with Gasteiger partial charge in [-0.15, -0.1) is 0 Å². The summed E-state index contributed by atoms with van der Waals surface area (Å²) in [7, 11) is 0. The van der Waals surface area contributed by atoms with E-state index in [2.05, 4.69) is 64.6 Å². The molecule has 2 aliphatic heterocycles. The van der Waals surface area contributed by atoms with E-state index in [1.165, 1.54) is 16.9 Å². The third-order valence-electron chi connectivity index (χ3n) is 6.30. The molecule has 4 heteroatoms. The van der Waals surface area contributed by atoms with Crippen LogP contribution >= 0.6 is 0 Å². The van der Waals surface area contributed by atoms with E-state index < -0.39 is 0 Å². The predicted molar refractivity (Wildman–Crippen MR) is 115 cm³/mol. The Kier molecular flexibility index (Phi) is 4.94. The molecular formula is C25H27N3O. The van der Waals surface area contributed by atoms with Gasteiger partial charge in [-0.05, 0) is 61.2 Å². The van der Waals surface area contributed by atoms with Crippen molar-refractivity contribution >= 4 is 5.91 Å².